The number of rotatable bonds is 10. The van der Waals surface area contributed by atoms with E-state index < -0.39 is 8.07 Å². The van der Waals surface area contributed by atoms with Crippen molar-refractivity contribution in [3.8, 4) is 0 Å². The third-order valence-electron chi connectivity index (χ3n) is 4.81. The summed E-state index contributed by atoms with van der Waals surface area (Å²) in [5.41, 5.74) is 1.28. The largest absolute Gasteiger partial charge is 0.462 e. The normalized spacial score (nSPS) is 12.3. The van der Waals surface area contributed by atoms with E-state index in [1.165, 1.54) is 35.8 Å². The highest BCUT2D eigenvalue weighted by Crippen LogP contribution is 2.28. The van der Waals surface area contributed by atoms with Crippen LogP contribution >= 0.6 is 0 Å². The second-order valence-corrected chi connectivity index (χ2v) is 11.3. The zero-order valence-electron chi connectivity index (χ0n) is 15.0. The van der Waals surface area contributed by atoms with Crippen molar-refractivity contribution < 1.29 is 9.53 Å². The van der Waals surface area contributed by atoms with Gasteiger partial charge in [-0.1, -0.05) is 75.3 Å². The quantitative estimate of drug-likeness (QED) is 0.394. The molecule has 1 N–H and O–H groups in total. The van der Waals surface area contributed by atoms with E-state index in [0.717, 1.165) is 13.1 Å². The van der Waals surface area contributed by atoms with Crippen LogP contribution in [0.25, 0.3) is 0 Å². The zero-order chi connectivity index (χ0) is 17.1. The van der Waals surface area contributed by atoms with Crippen LogP contribution in [0.15, 0.2) is 41.6 Å². The van der Waals surface area contributed by atoms with Crippen molar-refractivity contribution in [3.05, 3.63) is 47.2 Å². The summed E-state index contributed by atoms with van der Waals surface area (Å²) in [4.78, 5) is 11.2. The van der Waals surface area contributed by atoms with Gasteiger partial charge in [0, 0.05) is 20.0 Å². The third kappa shape index (κ3) is 6.32. The molecule has 0 saturated heterocycles. The molecule has 0 heterocycles. The van der Waals surface area contributed by atoms with E-state index in [4.69, 9.17) is 4.74 Å². The molecule has 0 fully saturated rings. The molecule has 0 aliphatic rings. The Bertz CT molecular complexity index is 487. The molecule has 0 aromatic heterocycles. The molecule has 0 aliphatic carbocycles. The predicted molar refractivity (Wildman–Crippen MR) is 100 cm³/mol. The molecule has 0 spiro atoms. The summed E-state index contributed by atoms with van der Waals surface area (Å²) >= 11 is 0. The molecule has 1 aromatic carbocycles. The standard InChI is InChI=1S/C19H31NO2Si/c1-5-23(6-2,7-3)19(16-22-17(4)21)13-14-20-15-18-11-9-8-10-12-18/h8-13,20H,5-7,14-16H2,1-4H3/b19-13+. The average Bonchev–Trinajstić information content (AvgIpc) is 2.58. The van der Waals surface area contributed by atoms with E-state index >= 15 is 0 Å². The predicted octanol–water partition coefficient (Wildman–Crippen LogP) is 4.31. The van der Waals surface area contributed by atoms with Crippen LogP contribution in [0.3, 0.4) is 0 Å². The molecule has 4 heteroatoms. The van der Waals surface area contributed by atoms with Crippen molar-refractivity contribution in [2.24, 2.45) is 0 Å². The Labute approximate surface area is 142 Å². The van der Waals surface area contributed by atoms with Crippen molar-refractivity contribution >= 4 is 14.0 Å². The van der Waals surface area contributed by atoms with Gasteiger partial charge in [-0.3, -0.25) is 4.79 Å². The number of hydrogen-bond donors (Lipinski definition) is 1. The molecule has 0 unspecified atom stereocenters. The minimum Gasteiger partial charge on any atom is -0.462 e. The molecule has 0 radical (unpaired) electrons. The van der Waals surface area contributed by atoms with Crippen molar-refractivity contribution in [2.45, 2.75) is 52.4 Å². The number of hydrogen-bond acceptors (Lipinski definition) is 3. The fourth-order valence-electron chi connectivity index (χ4n) is 3.05. The molecule has 23 heavy (non-hydrogen) atoms. The third-order valence-corrected chi connectivity index (χ3v) is 10.6. The lowest BCUT2D eigenvalue weighted by molar-refractivity contribution is -0.139. The number of nitrogens with one attached hydrogen (secondary N) is 1. The van der Waals surface area contributed by atoms with E-state index in [0.29, 0.717) is 6.61 Å². The first-order chi connectivity index (χ1) is 11.1. The summed E-state index contributed by atoms with van der Waals surface area (Å²) in [5, 5.41) is 4.85. The van der Waals surface area contributed by atoms with Gasteiger partial charge in [0.2, 0.25) is 0 Å². The fourth-order valence-corrected chi connectivity index (χ4v) is 6.82. The van der Waals surface area contributed by atoms with Gasteiger partial charge >= 0.3 is 5.97 Å². The van der Waals surface area contributed by atoms with Crippen LogP contribution in [-0.2, 0) is 16.1 Å². The smallest absolute Gasteiger partial charge is 0.302 e. The summed E-state index contributed by atoms with van der Waals surface area (Å²) in [6.45, 7) is 10.5. The van der Waals surface area contributed by atoms with E-state index in [2.05, 4.69) is 56.4 Å². The molecular formula is C19H31NO2Si. The first kappa shape index (κ1) is 19.7. The molecule has 1 rings (SSSR count). The maximum atomic E-state index is 11.2. The van der Waals surface area contributed by atoms with Crippen LogP contribution in [0.4, 0.5) is 0 Å². The topological polar surface area (TPSA) is 38.3 Å². The molecule has 1 aromatic rings. The molecule has 0 saturated carbocycles. The van der Waals surface area contributed by atoms with Gasteiger partial charge in [-0.2, -0.15) is 0 Å². The van der Waals surface area contributed by atoms with Gasteiger partial charge in [-0.15, -0.1) is 0 Å². The Morgan fingerprint density at radius 3 is 2.26 bits per heavy atom. The van der Waals surface area contributed by atoms with Gasteiger partial charge in [0.05, 0.1) is 8.07 Å². The van der Waals surface area contributed by atoms with Gasteiger partial charge in [-0.25, -0.2) is 0 Å². The molecular weight excluding hydrogens is 302 g/mol. The Morgan fingerprint density at radius 1 is 1.13 bits per heavy atom. The van der Waals surface area contributed by atoms with Crippen LogP contribution in [0.2, 0.25) is 18.1 Å². The Hall–Kier alpha value is -1.39. The second kappa shape index (κ2) is 10.4. The van der Waals surface area contributed by atoms with Gasteiger partial charge < -0.3 is 10.1 Å². The lowest BCUT2D eigenvalue weighted by Gasteiger charge is -2.31. The zero-order valence-corrected chi connectivity index (χ0v) is 16.0. The highest BCUT2D eigenvalue weighted by Gasteiger charge is 2.31. The SMILES string of the molecule is CC[Si](CC)(CC)/C(=C/CNCc1ccccc1)COC(C)=O. The van der Waals surface area contributed by atoms with Gasteiger partial charge in [0.1, 0.15) is 6.61 Å². The van der Waals surface area contributed by atoms with Crippen molar-refractivity contribution in [1.82, 2.24) is 5.32 Å². The second-order valence-electron chi connectivity index (χ2n) is 5.97. The maximum Gasteiger partial charge on any atom is 0.302 e. The Kier molecular flexibility index (Phi) is 8.88. The maximum absolute atomic E-state index is 11.2. The molecule has 0 atom stereocenters. The minimum atomic E-state index is -1.50. The first-order valence-corrected chi connectivity index (χ1v) is 11.3. The molecule has 0 amide bonds. The number of benzene rings is 1. The van der Waals surface area contributed by atoms with Crippen LogP contribution in [0.1, 0.15) is 33.3 Å². The molecule has 0 aliphatic heterocycles. The van der Waals surface area contributed by atoms with Crippen LogP contribution in [-0.4, -0.2) is 27.2 Å². The molecule has 3 nitrogen and oxygen atoms in total. The summed E-state index contributed by atoms with van der Waals surface area (Å²) in [6.07, 6.45) is 2.27. The number of esters is 1. The molecule has 0 bridgehead atoms. The lowest BCUT2D eigenvalue weighted by Crippen LogP contribution is -2.37. The number of carbonyl (C=O) groups is 1. The Morgan fingerprint density at radius 2 is 1.74 bits per heavy atom. The van der Waals surface area contributed by atoms with Crippen LogP contribution in [0.5, 0.6) is 0 Å². The van der Waals surface area contributed by atoms with E-state index in [1.807, 2.05) is 6.07 Å². The van der Waals surface area contributed by atoms with Gasteiger partial charge in [0.15, 0.2) is 0 Å². The Balaban J connectivity index is 2.71. The monoisotopic (exact) mass is 333 g/mol. The average molecular weight is 334 g/mol. The lowest BCUT2D eigenvalue weighted by atomic mass is 10.2. The van der Waals surface area contributed by atoms with Crippen molar-refractivity contribution in [2.75, 3.05) is 13.2 Å². The van der Waals surface area contributed by atoms with E-state index in [-0.39, 0.29) is 5.97 Å². The highest BCUT2D eigenvalue weighted by molar-refractivity contribution is 6.86. The van der Waals surface area contributed by atoms with Crippen LogP contribution in [0, 0.1) is 0 Å². The molecule has 128 valence electrons. The number of ether oxygens (including phenoxy) is 1. The summed E-state index contributed by atoms with van der Waals surface area (Å²) in [7, 11) is -1.50. The number of carbonyl (C=O) groups excluding carboxylic acids is 1. The minimum absolute atomic E-state index is 0.195. The van der Waals surface area contributed by atoms with E-state index in [9.17, 15) is 4.79 Å². The van der Waals surface area contributed by atoms with Gasteiger partial charge in [-0.05, 0) is 10.8 Å². The van der Waals surface area contributed by atoms with Crippen molar-refractivity contribution in [1.29, 1.82) is 0 Å². The summed E-state index contributed by atoms with van der Waals surface area (Å²) in [6, 6.07) is 14.0. The van der Waals surface area contributed by atoms with E-state index in [1.54, 1.807) is 0 Å². The fraction of sp³-hybridized carbons (Fsp3) is 0.526. The highest BCUT2D eigenvalue weighted by atomic mass is 28.3. The van der Waals surface area contributed by atoms with Crippen molar-refractivity contribution in [3.63, 3.8) is 0 Å². The van der Waals surface area contributed by atoms with Gasteiger partial charge in [0.25, 0.3) is 0 Å². The summed E-state index contributed by atoms with van der Waals surface area (Å²) < 4.78 is 5.33. The van der Waals surface area contributed by atoms with Crippen LogP contribution < -0.4 is 5.32 Å². The first-order valence-electron chi connectivity index (χ1n) is 8.65. The summed E-state index contributed by atoms with van der Waals surface area (Å²) in [5.74, 6) is -0.195.